The maximum atomic E-state index is 11.6. The average molecular weight is 341 g/mol. The van der Waals surface area contributed by atoms with Gasteiger partial charge in [0.1, 0.15) is 0 Å². The summed E-state index contributed by atoms with van der Waals surface area (Å²) < 4.78 is 0. The second-order valence-corrected chi connectivity index (χ2v) is 6.80. The summed E-state index contributed by atoms with van der Waals surface area (Å²) >= 11 is 0. The van der Waals surface area contributed by atoms with E-state index in [1.165, 1.54) is 38.5 Å². The Kier molecular flexibility index (Phi) is 13.3. The molecule has 4 heteroatoms. The molecular formula is C20H36O4. The standard InChI is InChI=1S/C20H36O4/c1-3-5-7-8-9-10-11-12-13-14-16-20(19(23)24,15-6-4-2)17-18(21)22/h14,16H,3-13,15,17H2,1-2H3,(H,21,22)(H,23,24). The molecule has 0 amide bonds. The van der Waals surface area contributed by atoms with Crippen LogP contribution in [0.15, 0.2) is 12.2 Å². The lowest BCUT2D eigenvalue weighted by Crippen LogP contribution is -2.31. The van der Waals surface area contributed by atoms with Gasteiger partial charge in [-0.25, -0.2) is 0 Å². The molecular weight excluding hydrogens is 304 g/mol. The van der Waals surface area contributed by atoms with E-state index < -0.39 is 17.4 Å². The lowest BCUT2D eigenvalue weighted by Gasteiger charge is -2.24. The van der Waals surface area contributed by atoms with E-state index in [1.807, 2.05) is 13.0 Å². The highest BCUT2D eigenvalue weighted by Crippen LogP contribution is 2.32. The molecule has 0 saturated carbocycles. The number of carboxylic acid groups (broad SMARTS) is 2. The quantitative estimate of drug-likeness (QED) is 0.275. The van der Waals surface area contributed by atoms with Crippen LogP contribution in [0.1, 0.15) is 97.3 Å². The summed E-state index contributed by atoms with van der Waals surface area (Å²) in [4.78, 5) is 22.7. The van der Waals surface area contributed by atoms with Gasteiger partial charge in [0.05, 0.1) is 11.8 Å². The summed E-state index contributed by atoms with van der Waals surface area (Å²) in [5.74, 6) is -2.07. The molecule has 0 heterocycles. The Bertz CT molecular complexity index is 376. The van der Waals surface area contributed by atoms with E-state index in [0.717, 1.165) is 32.1 Å². The highest BCUT2D eigenvalue weighted by molar-refractivity contribution is 5.83. The van der Waals surface area contributed by atoms with Crippen molar-refractivity contribution in [1.29, 1.82) is 0 Å². The molecule has 24 heavy (non-hydrogen) atoms. The third-order valence-electron chi connectivity index (χ3n) is 4.53. The number of carbonyl (C=O) groups is 2. The van der Waals surface area contributed by atoms with Crippen molar-refractivity contribution >= 4 is 11.9 Å². The molecule has 0 rings (SSSR count). The van der Waals surface area contributed by atoms with Gasteiger partial charge in [0.2, 0.25) is 0 Å². The van der Waals surface area contributed by atoms with Crippen molar-refractivity contribution in [1.82, 2.24) is 0 Å². The number of carboxylic acids is 2. The number of allylic oxidation sites excluding steroid dienone is 1. The summed E-state index contributed by atoms with van der Waals surface area (Å²) in [6.45, 7) is 4.20. The molecule has 0 aliphatic rings. The summed E-state index contributed by atoms with van der Waals surface area (Å²) in [5, 5.41) is 18.6. The molecule has 2 N–H and O–H groups in total. The van der Waals surface area contributed by atoms with Crippen LogP contribution in [0.4, 0.5) is 0 Å². The smallest absolute Gasteiger partial charge is 0.314 e. The minimum absolute atomic E-state index is 0.337. The van der Waals surface area contributed by atoms with Gasteiger partial charge in [-0.3, -0.25) is 9.59 Å². The number of hydrogen-bond donors (Lipinski definition) is 2. The van der Waals surface area contributed by atoms with Crippen LogP contribution in [0.5, 0.6) is 0 Å². The Morgan fingerprint density at radius 2 is 1.38 bits per heavy atom. The first-order chi connectivity index (χ1) is 11.5. The van der Waals surface area contributed by atoms with Crippen molar-refractivity contribution in [2.45, 2.75) is 97.3 Å². The SMILES string of the molecule is CCCCCCCCCCC=CC(CCCC)(CC(=O)O)C(=O)O. The first kappa shape index (κ1) is 22.7. The van der Waals surface area contributed by atoms with Crippen molar-refractivity contribution < 1.29 is 19.8 Å². The first-order valence-electron chi connectivity index (χ1n) is 9.61. The van der Waals surface area contributed by atoms with Crippen LogP contribution in [-0.4, -0.2) is 22.2 Å². The molecule has 0 fully saturated rings. The first-order valence-corrected chi connectivity index (χ1v) is 9.61. The molecule has 0 aromatic rings. The van der Waals surface area contributed by atoms with Gasteiger partial charge in [-0.2, -0.15) is 0 Å². The van der Waals surface area contributed by atoms with Gasteiger partial charge in [0.15, 0.2) is 0 Å². The normalized spacial score (nSPS) is 13.9. The van der Waals surface area contributed by atoms with E-state index in [1.54, 1.807) is 6.08 Å². The fourth-order valence-electron chi connectivity index (χ4n) is 2.95. The number of unbranched alkanes of at least 4 members (excludes halogenated alkanes) is 9. The van der Waals surface area contributed by atoms with Gasteiger partial charge in [-0.1, -0.05) is 83.8 Å². The van der Waals surface area contributed by atoms with Crippen LogP contribution >= 0.6 is 0 Å². The van der Waals surface area contributed by atoms with Gasteiger partial charge < -0.3 is 10.2 Å². The summed E-state index contributed by atoms with van der Waals surface area (Å²) in [6.07, 6.45) is 15.9. The molecule has 0 aromatic carbocycles. The van der Waals surface area contributed by atoms with Gasteiger partial charge in [0, 0.05) is 0 Å². The zero-order valence-corrected chi connectivity index (χ0v) is 15.6. The van der Waals surface area contributed by atoms with E-state index in [-0.39, 0.29) is 6.42 Å². The molecule has 0 bridgehead atoms. The van der Waals surface area contributed by atoms with Gasteiger partial charge in [0.25, 0.3) is 0 Å². The van der Waals surface area contributed by atoms with Crippen molar-refractivity contribution in [3.05, 3.63) is 12.2 Å². The van der Waals surface area contributed by atoms with E-state index >= 15 is 0 Å². The summed E-state index contributed by atoms with van der Waals surface area (Å²) in [5.41, 5.74) is -1.25. The molecule has 0 aliphatic carbocycles. The highest BCUT2D eigenvalue weighted by Gasteiger charge is 2.37. The Balaban J connectivity index is 4.25. The van der Waals surface area contributed by atoms with Crippen LogP contribution in [0, 0.1) is 5.41 Å². The zero-order valence-electron chi connectivity index (χ0n) is 15.6. The summed E-state index contributed by atoms with van der Waals surface area (Å²) in [6, 6.07) is 0. The van der Waals surface area contributed by atoms with Gasteiger partial charge >= 0.3 is 11.9 Å². The van der Waals surface area contributed by atoms with Gasteiger partial charge in [-0.15, -0.1) is 0 Å². The largest absolute Gasteiger partial charge is 0.481 e. The second kappa shape index (κ2) is 14.1. The molecule has 0 aromatic heterocycles. The molecule has 1 unspecified atom stereocenters. The minimum atomic E-state index is -1.25. The van der Waals surface area contributed by atoms with Crippen molar-refractivity contribution in [3.63, 3.8) is 0 Å². The molecule has 140 valence electrons. The van der Waals surface area contributed by atoms with Gasteiger partial charge in [-0.05, 0) is 19.3 Å². The molecule has 0 spiro atoms. The summed E-state index contributed by atoms with van der Waals surface area (Å²) in [7, 11) is 0. The minimum Gasteiger partial charge on any atom is -0.481 e. The molecule has 1 atom stereocenters. The van der Waals surface area contributed by atoms with Crippen LogP contribution in [-0.2, 0) is 9.59 Å². The Morgan fingerprint density at radius 3 is 1.88 bits per heavy atom. The predicted octanol–water partition coefficient (Wildman–Crippen LogP) is 5.81. The number of aliphatic carboxylic acids is 2. The maximum absolute atomic E-state index is 11.6. The fraction of sp³-hybridized carbons (Fsp3) is 0.800. The highest BCUT2D eigenvalue weighted by atomic mass is 16.4. The molecule has 0 saturated heterocycles. The number of rotatable bonds is 16. The number of hydrogen-bond acceptors (Lipinski definition) is 2. The Hall–Kier alpha value is -1.32. The maximum Gasteiger partial charge on any atom is 0.314 e. The van der Waals surface area contributed by atoms with E-state index in [9.17, 15) is 14.7 Å². The van der Waals surface area contributed by atoms with Crippen LogP contribution in [0.3, 0.4) is 0 Å². The van der Waals surface area contributed by atoms with Crippen molar-refractivity contribution in [2.24, 2.45) is 5.41 Å². The van der Waals surface area contributed by atoms with E-state index in [2.05, 4.69) is 6.92 Å². The monoisotopic (exact) mass is 340 g/mol. The Labute approximate surface area is 147 Å². The zero-order chi connectivity index (χ0) is 18.3. The lowest BCUT2D eigenvalue weighted by atomic mass is 9.79. The van der Waals surface area contributed by atoms with E-state index in [0.29, 0.717) is 6.42 Å². The van der Waals surface area contributed by atoms with Crippen molar-refractivity contribution in [2.75, 3.05) is 0 Å². The molecule has 0 radical (unpaired) electrons. The van der Waals surface area contributed by atoms with E-state index in [4.69, 9.17) is 5.11 Å². The third kappa shape index (κ3) is 10.5. The molecule has 4 nitrogen and oxygen atoms in total. The second-order valence-electron chi connectivity index (χ2n) is 6.80. The van der Waals surface area contributed by atoms with Crippen LogP contribution in [0.2, 0.25) is 0 Å². The molecule has 0 aliphatic heterocycles. The average Bonchev–Trinajstić information content (AvgIpc) is 2.53. The third-order valence-corrected chi connectivity index (χ3v) is 4.53. The Morgan fingerprint density at radius 1 is 0.833 bits per heavy atom. The topological polar surface area (TPSA) is 74.6 Å². The fourth-order valence-corrected chi connectivity index (χ4v) is 2.95. The lowest BCUT2D eigenvalue weighted by molar-refractivity contribution is -0.153. The van der Waals surface area contributed by atoms with Crippen LogP contribution < -0.4 is 0 Å². The van der Waals surface area contributed by atoms with Crippen molar-refractivity contribution in [3.8, 4) is 0 Å². The van der Waals surface area contributed by atoms with Crippen LogP contribution in [0.25, 0.3) is 0 Å². The predicted molar refractivity (Wildman–Crippen MR) is 98.2 cm³/mol.